The van der Waals surface area contributed by atoms with Crippen LogP contribution < -0.4 is 10.1 Å². The van der Waals surface area contributed by atoms with Crippen molar-refractivity contribution in [3.63, 3.8) is 0 Å². The van der Waals surface area contributed by atoms with Crippen LogP contribution in [0.1, 0.15) is 44.1 Å². The zero-order valence-corrected chi connectivity index (χ0v) is 16.5. The minimum absolute atomic E-state index is 0.0194. The lowest BCUT2D eigenvalue weighted by Gasteiger charge is -2.31. The zero-order valence-electron chi connectivity index (χ0n) is 16.5. The van der Waals surface area contributed by atoms with E-state index >= 15 is 0 Å². The molecule has 1 unspecified atom stereocenters. The van der Waals surface area contributed by atoms with Crippen LogP contribution in [0.4, 0.5) is 4.79 Å². The van der Waals surface area contributed by atoms with Gasteiger partial charge in [0, 0.05) is 19.7 Å². The number of carbonyl (C=O) groups is 2. The number of nitrogens with zero attached hydrogens (tertiary/aromatic N) is 1. The lowest BCUT2D eigenvalue weighted by atomic mass is 9.98. The Kier molecular flexibility index (Phi) is 6.78. The van der Waals surface area contributed by atoms with Crippen molar-refractivity contribution in [3.8, 4) is 5.75 Å². The van der Waals surface area contributed by atoms with Crippen molar-refractivity contribution >= 4 is 12.0 Å². The number of hydrogen-bond donors (Lipinski definition) is 2. The van der Waals surface area contributed by atoms with E-state index in [9.17, 15) is 14.7 Å². The van der Waals surface area contributed by atoms with Gasteiger partial charge in [-0.05, 0) is 49.8 Å². The molecule has 1 aromatic rings. The maximum absolute atomic E-state index is 13.0. The molecule has 1 saturated carbocycles. The predicted octanol–water partition coefficient (Wildman–Crippen LogP) is 2.83. The Hall–Kier alpha value is -2.28. The van der Waals surface area contributed by atoms with Gasteiger partial charge in [0.05, 0.1) is 13.2 Å². The number of benzene rings is 1. The van der Waals surface area contributed by atoms with Gasteiger partial charge in [0.2, 0.25) is 0 Å². The van der Waals surface area contributed by atoms with E-state index in [-0.39, 0.29) is 12.1 Å². The number of ether oxygens (including phenoxy) is 2. The van der Waals surface area contributed by atoms with Crippen molar-refractivity contribution in [3.05, 3.63) is 29.8 Å². The van der Waals surface area contributed by atoms with Crippen LogP contribution in [0.15, 0.2) is 24.3 Å². The summed E-state index contributed by atoms with van der Waals surface area (Å²) in [6.45, 7) is 1.71. The second-order valence-electron chi connectivity index (χ2n) is 7.70. The molecule has 0 spiro atoms. The summed E-state index contributed by atoms with van der Waals surface area (Å²) in [6.07, 6.45) is 5.25. The highest BCUT2D eigenvalue weighted by atomic mass is 16.5. The monoisotopic (exact) mass is 390 g/mol. The lowest BCUT2D eigenvalue weighted by Crippen LogP contribution is -2.57. The van der Waals surface area contributed by atoms with Gasteiger partial charge >= 0.3 is 12.0 Å². The summed E-state index contributed by atoms with van der Waals surface area (Å²) in [6, 6.07) is 7.46. The third-order valence-electron chi connectivity index (χ3n) is 5.78. The molecule has 0 radical (unpaired) electrons. The quantitative estimate of drug-likeness (QED) is 0.713. The first kappa shape index (κ1) is 20.5. The number of nitrogens with one attached hydrogen (secondary N) is 1. The van der Waals surface area contributed by atoms with Gasteiger partial charge in [0.15, 0.2) is 0 Å². The number of carboxylic acid groups (broad SMARTS) is 1. The summed E-state index contributed by atoms with van der Waals surface area (Å²) in [4.78, 5) is 26.5. The first-order chi connectivity index (χ1) is 13.5. The molecule has 1 aliphatic carbocycles. The summed E-state index contributed by atoms with van der Waals surface area (Å²) in [5.41, 5.74) is -0.0360. The van der Waals surface area contributed by atoms with Crippen LogP contribution in [0.2, 0.25) is 0 Å². The van der Waals surface area contributed by atoms with E-state index in [0.717, 1.165) is 43.6 Å². The molecule has 0 bridgehead atoms. The van der Waals surface area contributed by atoms with Crippen LogP contribution in [0.5, 0.6) is 5.75 Å². The minimum Gasteiger partial charge on any atom is -0.497 e. The second kappa shape index (κ2) is 9.28. The Morgan fingerprint density at radius 3 is 2.54 bits per heavy atom. The average Bonchev–Trinajstić information content (AvgIpc) is 3.38. The third-order valence-corrected chi connectivity index (χ3v) is 5.78. The number of hydrogen-bond acceptors (Lipinski definition) is 4. The summed E-state index contributed by atoms with van der Waals surface area (Å²) in [7, 11) is 1.63. The number of rotatable bonds is 8. The largest absolute Gasteiger partial charge is 0.497 e. The molecular formula is C21H30N2O5. The van der Waals surface area contributed by atoms with E-state index in [2.05, 4.69) is 5.32 Å². The summed E-state index contributed by atoms with van der Waals surface area (Å²) in [5.74, 6) is -0.145. The summed E-state index contributed by atoms with van der Waals surface area (Å²) < 4.78 is 10.9. The molecule has 28 heavy (non-hydrogen) atoms. The van der Waals surface area contributed by atoms with Gasteiger partial charge in [-0.1, -0.05) is 25.0 Å². The fraction of sp³-hybridized carbons (Fsp3) is 0.619. The fourth-order valence-corrected chi connectivity index (χ4v) is 4.02. The molecule has 7 heteroatoms. The molecule has 2 fully saturated rings. The molecule has 7 nitrogen and oxygen atoms in total. The van der Waals surface area contributed by atoms with E-state index in [1.165, 1.54) is 0 Å². The van der Waals surface area contributed by atoms with Crippen molar-refractivity contribution < 1.29 is 24.2 Å². The van der Waals surface area contributed by atoms with Gasteiger partial charge in [-0.3, -0.25) is 0 Å². The number of urea groups is 1. The standard InChI is InChI=1S/C21H30N2O5/c1-27-17-8-6-16(7-9-17)10-13-23(15-18-5-4-14-28-18)20(26)22-21(19(24)25)11-2-3-12-21/h6-9,18H,2-5,10-15H2,1H3,(H,22,26)(H,24,25). The maximum Gasteiger partial charge on any atom is 0.329 e. The highest BCUT2D eigenvalue weighted by Crippen LogP contribution is 2.30. The first-order valence-corrected chi connectivity index (χ1v) is 10.1. The molecule has 1 atom stereocenters. The van der Waals surface area contributed by atoms with Crippen molar-refractivity contribution in [2.45, 2.75) is 56.6 Å². The van der Waals surface area contributed by atoms with Crippen molar-refractivity contribution in [1.82, 2.24) is 10.2 Å². The van der Waals surface area contributed by atoms with Crippen molar-refractivity contribution in [2.75, 3.05) is 26.8 Å². The van der Waals surface area contributed by atoms with E-state index in [1.54, 1.807) is 12.0 Å². The SMILES string of the molecule is COc1ccc(CCN(CC2CCCO2)C(=O)NC2(C(=O)O)CCCC2)cc1. The van der Waals surface area contributed by atoms with Gasteiger partial charge < -0.3 is 24.8 Å². The van der Waals surface area contributed by atoms with Gasteiger partial charge in [-0.25, -0.2) is 9.59 Å². The fourth-order valence-electron chi connectivity index (χ4n) is 4.02. The Labute approximate surface area is 166 Å². The highest BCUT2D eigenvalue weighted by molar-refractivity contribution is 5.86. The molecule has 0 aromatic heterocycles. The predicted molar refractivity (Wildman–Crippen MR) is 105 cm³/mol. The zero-order chi connectivity index (χ0) is 20.0. The molecule has 3 rings (SSSR count). The first-order valence-electron chi connectivity index (χ1n) is 10.1. The van der Waals surface area contributed by atoms with Gasteiger partial charge in [-0.2, -0.15) is 0 Å². The van der Waals surface area contributed by atoms with Crippen LogP contribution in [0.3, 0.4) is 0 Å². The highest BCUT2D eigenvalue weighted by Gasteiger charge is 2.43. The van der Waals surface area contributed by atoms with Crippen LogP contribution >= 0.6 is 0 Å². The molecule has 1 aromatic carbocycles. The average molecular weight is 390 g/mol. The number of amides is 2. The molecule has 2 aliphatic rings. The topological polar surface area (TPSA) is 88.1 Å². The van der Waals surface area contributed by atoms with Crippen LogP contribution in [0, 0.1) is 0 Å². The van der Waals surface area contributed by atoms with Crippen molar-refractivity contribution in [1.29, 1.82) is 0 Å². The summed E-state index contributed by atoms with van der Waals surface area (Å²) in [5, 5.41) is 12.5. The normalized spacial score (nSPS) is 20.7. The molecule has 1 heterocycles. The van der Waals surface area contributed by atoms with Crippen LogP contribution in [0.25, 0.3) is 0 Å². The summed E-state index contributed by atoms with van der Waals surface area (Å²) >= 11 is 0. The molecule has 1 aliphatic heterocycles. The van der Waals surface area contributed by atoms with Crippen LogP contribution in [-0.4, -0.2) is 60.5 Å². The molecule has 2 amide bonds. The van der Waals surface area contributed by atoms with E-state index in [4.69, 9.17) is 9.47 Å². The Balaban J connectivity index is 1.66. The lowest BCUT2D eigenvalue weighted by molar-refractivity contribution is -0.144. The molecule has 1 saturated heterocycles. The second-order valence-corrected chi connectivity index (χ2v) is 7.70. The van der Waals surface area contributed by atoms with E-state index < -0.39 is 11.5 Å². The number of carboxylic acids is 1. The van der Waals surface area contributed by atoms with Gasteiger partial charge in [0.1, 0.15) is 11.3 Å². The Morgan fingerprint density at radius 2 is 1.96 bits per heavy atom. The minimum atomic E-state index is -1.13. The van der Waals surface area contributed by atoms with E-state index in [1.807, 2.05) is 24.3 Å². The van der Waals surface area contributed by atoms with Gasteiger partial charge in [0.25, 0.3) is 0 Å². The van der Waals surface area contributed by atoms with Crippen LogP contribution in [-0.2, 0) is 16.0 Å². The molecule has 154 valence electrons. The third kappa shape index (κ3) is 4.95. The Morgan fingerprint density at radius 1 is 1.25 bits per heavy atom. The Bertz CT molecular complexity index is 664. The molecule has 2 N–H and O–H groups in total. The molecular weight excluding hydrogens is 360 g/mol. The van der Waals surface area contributed by atoms with Crippen molar-refractivity contribution in [2.24, 2.45) is 0 Å². The maximum atomic E-state index is 13.0. The van der Waals surface area contributed by atoms with E-state index in [0.29, 0.717) is 32.4 Å². The smallest absolute Gasteiger partial charge is 0.329 e. The number of methoxy groups -OCH3 is 1. The number of carbonyl (C=O) groups excluding carboxylic acids is 1. The van der Waals surface area contributed by atoms with Gasteiger partial charge in [-0.15, -0.1) is 0 Å². The number of aliphatic carboxylic acids is 1.